The van der Waals surface area contributed by atoms with Gasteiger partial charge in [-0.05, 0) is 30.4 Å². The average molecular weight is 351 g/mol. The van der Waals surface area contributed by atoms with Crippen molar-refractivity contribution in [2.75, 3.05) is 16.0 Å². The minimum Gasteiger partial charge on any atom is -0.364 e. The first-order valence-electron chi connectivity index (χ1n) is 8.24. The molecule has 132 valence electrons. The van der Waals surface area contributed by atoms with Crippen LogP contribution in [-0.4, -0.2) is 32.2 Å². The van der Waals surface area contributed by atoms with E-state index in [0.717, 1.165) is 5.69 Å². The van der Waals surface area contributed by atoms with E-state index < -0.39 is 0 Å². The lowest BCUT2D eigenvalue weighted by atomic mass is 10.2. The third kappa shape index (κ3) is 3.32. The molecule has 0 radical (unpaired) electrons. The summed E-state index contributed by atoms with van der Waals surface area (Å²) in [6.07, 6.45) is 8.95. The Morgan fingerprint density at radius 2 is 1.88 bits per heavy atom. The van der Waals surface area contributed by atoms with Gasteiger partial charge < -0.3 is 20.4 Å². The van der Waals surface area contributed by atoms with Gasteiger partial charge >= 0.3 is 0 Å². The number of nitrogens with zero attached hydrogens (tertiary/aromatic N) is 4. The number of imidazole rings is 1. The van der Waals surface area contributed by atoms with Gasteiger partial charge in [-0.2, -0.15) is 0 Å². The van der Waals surface area contributed by atoms with Gasteiger partial charge in [-0.1, -0.05) is 0 Å². The zero-order valence-corrected chi connectivity index (χ0v) is 13.8. The van der Waals surface area contributed by atoms with Crippen LogP contribution in [0.4, 0.5) is 17.3 Å². The summed E-state index contributed by atoms with van der Waals surface area (Å²) in [7, 11) is 0. The molecular formula is C17H17N7O2. The molecule has 1 aliphatic carbocycles. The van der Waals surface area contributed by atoms with E-state index in [9.17, 15) is 9.59 Å². The highest BCUT2D eigenvalue weighted by Crippen LogP contribution is 2.41. The number of amides is 2. The summed E-state index contributed by atoms with van der Waals surface area (Å²) in [5.41, 5.74) is 3.41. The molecule has 0 atom stereocenters. The Morgan fingerprint density at radius 1 is 1.08 bits per heavy atom. The Bertz CT molecular complexity index is 965. The minimum atomic E-state index is 0.416. The molecule has 3 aromatic rings. The van der Waals surface area contributed by atoms with Crippen molar-refractivity contribution >= 4 is 35.8 Å². The van der Waals surface area contributed by atoms with Crippen LogP contribution in [0.1, 0.15) is 30.0 Å². The molecule has 0 spiro atoms. The van der Waals surface area contributed by atoms with Crippen LogP contribution in [0, 0.1) is 0 Å². The zero-order chi connectivity index (χ0) is 17.9. The molecule has 0 aromatic carbocycles. The van der Waals surface area contributed by atoms with Crippen LogP contribution in [0.5, 0.6) is 0 Å². The molecule has 1 fully saturated rings. The van der Waals surface area contributed by atoms with E-state index in [-0.39, 0.29) is 0 Å². The van der Waals surface area contributed by atoms with Crippen LogP contribution >= 0.6 is 0 Å². The third-order valence-corrected chi connectivity index (χ3v) is 4.21. The predicted molar refractivity (Wildman–Crippen MR) is 95.9 cm³/mol. The van der Waals surface area contributed by atoms with Crippen molar-refractivity contribution in [3.63, 3.8) is 0 Å². The lowest BCUT2D eigenvalue weighted by molar-refractivity contribution is -0.106. The van der Waals surface area contributed by atoms with Gasteiger partial charge in [0.15, 0.2) is 5.65 Å². The third-order valence-electron chi connectivity index (χ3n) is 4.21. The van der Waals surface area contributed by atoms with Crippen molar-refractivity contribution in [2.45, 2.75) is 25.3 Å². The van der Waals surface area contributed by atoms with Crippen molar-refractivity contribution in [3.05, 3.63) is 42.1 Å². The van der Waals surface area contributed by atoms with Crippen LogP contribution in [-0.2, 0) is 16.1 Å². The number of rotatable bonds is 8. The summed E-state index contributed by atoms with van der Waals surface area (Å²) < 4.78 is 1.94. The van der Waals surface area contributed by atoms with Gasteiger partial charge in [0.1, 0.15) is 18.0 Å². The Morgan fingerprint density at radius 3 is 2.65 bits per heavy atom. The maximum atomic E-state index is 10.9. The minimum absolute atomic E-state index is 0.416. The van der Waals surface area contributed by atoms with E-state index in [1.54, 1.807) is 6.07 Å². The van der Waals surface area contributed by atoms with Crippen LogP contribution in [0.15, 0.2) is 30.9 Å². The van der Waals surface area contributed by atoms with Gasteiger partial charge in [0.2, 0.25) is 12.8 Å². The molecule has 9 heteroatoms. The predicted octanol–water partition coefficient (Wildman–Crippen LogP) is 1.75. The average Bonchev–Trinajstić information content (AvgIpc) is 3.41. The molecule has 0 saturated heterocycles. The lowest BCUT2D eigenvalue weighted by Crippen LogP contribution is -2.04. The first-order chi connectivity index (χ1) is 12.8. The van der Waals surface area contributed by atoms with E-state index in [1.165, 1.54) is 24.7 Å². The molecule has 1 saturated carbocycles. The number of hydrogen-bond donors (Lipinski definition) is 3. The maximum Gasteiger partial charge on any atom is 0.212 e. The van der Waals surface area contributed by atoms with Gasteiger partial charge in [0.25, 0.3) is 0 Å². The number of carbonyl (C=O) groups is 2. The molecule has 4 rings (SSSR count). The number of fused-ring (bicyclic) bond motifs is 1. The summed E-state index contributed by atoms with van der Waals surface area (Å²) in [4.78, 5) is 34.0. The highest BCUT2D eigenvalue weighted by molar-refractivity contribution is 5.81. The summed E-state index contributed by atoms with van der Waals surface area (Å²) in [6, 6.07) is 3.63. The molecule has 2 amide bonds. The molecule has 3 N–H and O–H groups in total. The molecule has 3 aromatic heterocycles. The fourth-order valence-electron chi connectivity index (χ4n) is 2.84. The second-order valence-corrected chi connectivity index (χ2v) is 6.09. The number of carbonyl (C=O) groups excluding carboxylic acids is 2. The Hall–Kier alpha value is -3.49. The Labute approximate surface area is 148 Å². The maximum absolute atomic E-state index is 10.9. The second-order valence-electron chi connectivity index (χ2n) is 6.09. The van der Waals surface area contributed by atoms with Crippen LogP contribution in [0.3, 0.4) is 0 Å². The summed E-state index contributed by atoms with van der Waals surface area (Å²) in [5.74, 6) is 1.56. The van der Waals surface area contributed by atoms with Crippen molar-refractivity contribution < 1.29 is 9.59 Å². The summed E-state index contributed by atoms with van der Waals surface area (Å²) in [6.45, 7) is 0.443. The molecule has 0 bridgehead atoms. The number of anilines is 3. The molecule has 0 unspecified atom stereocenters. The van der Waals surface area contributed by atoms with E-state index in [0.29, 0.717) is 48.3 Å². The number of pyridine rings is 1. The fraction of sp³-hybridized carbons (Fsp3) is 0.235. The first kappa shape index (κ1) is 16.0. The van der Waals surface area contributed by atoms with E-state index in [1.807, 2.05) is 16.7 Å². The Kier molecular flexibility index (Phi) is 4.18. The van der Waals surface area contributed by atoms with E-state index in [2.05, 4.69) is 37.1 Å². The lowest BCUT2D eigenvalue weighted by Gasteiger charge is -2.05. The highest BCUT2D eigenvalue weighted by Gasteiger charge is 2.25. The van der Waals surface area contributed by atoms with Gasteiger partial charge in [0.05, 0.1) is 17.9 Å². The fourth-order valence-corrected chi connectivity index (χ4v) is 2.84. The quantitative estimate of drug-likeness (QED) is 0.533. The molecular weight excluding hydrogens is 334 g/mol. The topological polar surface area (TPSA) is 113 Å². The summed E-state index contributed by atoms with van der Waals surface area (Å²) >= 11 is 0. The molecule has 1 aliphatic rings. The van der Waals surface area contributed by atoms with Crippen LogP contribution < -0.4 is 16.0 Å². The second kappa shape index (κ2) is 6.79. The van der Waals surface area contributed by atoms with Gasteiger partial charge in [-0.15, -0.1) is 0 Å². The smallest absolute Gasteiger partial charge is 0.212 e. The van der Waals surface area contributed by atoms with Crippen molar-refractivity contribution in [3.8, 4) is 0 Å². The van der Waals surface area contributed by atoms with Crippen molar-refractivity contribution in [1.82, 2.24) is 19.4 Å². The summed E-state index contributed by atoms with van der Waals surface area (Å²) in [5, 5.41) is 8.36. The molecule has 3 heterocycles. The molecule has 26 heavy (non-hydrogen) atoms. The van der Waals surface area contributed by atoms with Crippen LogP contribution in [0.25, 0.3) is 5.65 Å². The SMILES string of the molecule is O=CNc1cc(NCc2cn3cc(C4CC4)cc(NC=O)c3n2)ncn1. The molecule has 9 nitrogen and oxygen atoms in total. The number of hydrogen-bond acceptors (Lipinski definition) is 6. The Balaban J connectivity index is 1.57. The normalized spacial score (nSPS) is 13.4. The van der Waals surface area contributed by atoms with Crippen molar-refractivity contribution in [2.24, 2.45) is 0 Å². The van der Waals surface area contributed by atoms with E-state index in [4.69, 9.17) is 0 Å². The van der Waals surface area contributed by atoms with E-state index >= 15 is 0 Å². The highest BCUT2D eigenvalue weighted by atomic mass is 16.1. The number of aromatic nitrogens is 4. The first-order valence-corrected chi connectivity index (χ1v) is 8.24. The van der Waals surface area contributed by atoms with Crippen LogP contribution in [0.2, 0.25) is 0 Å². The largest absolute Gasteiger partial charge is 0.364 e. The number of nitrogens with one attached hydrogen (secondary N) is 3. The standard InChI is InChI=1S/C17H17N7O2/c25-9-21-14-3-12(11-1-2-11)6-24-7-13(23-17(14)24)5-18-15-4-16(22-10-26)20-8-19-15/h3-4,6-11H,1-2,5H2,(H,21,25)(H2,18,19,20,22,26). The van der Waals surface area contributed by atoms with Gasteiger partial charge in [0, 0.05) is 18.5 Å². The van der Waals surface area contributed by atoms with Gasteiger partial charge in [-0.25, -0.2) is 15.0 Å². The van der Waals surface area contributed by atoms with Crippen molar-refractivity contribution in [1.29, 1.82) is 0 Å². The van der Waals surface area contributed by atoms with Gasteiger partial charge in [-0.3, -0.25) is 9.59 Å². The zero-order valence-electron chi connectivity index (χ0n) is 13.8. The molecule has 0 aliphatic heterocycles. The monoisotopic (exact) mass is 351 g/mol.